The summed E-state index contributed by atoms with van der Waals surface area (Å²) in [4.78, 5) is 26.4. The van der Waals surface area contributed by atoms with Crippen molar-refractivity contribution < 1.29 is 9.59 Å². The minimum Gasteiger partial charge on any atom is -0.211 e. The van der Waals surface area contributed by atoms with Crippen LogP contribution in [0.25, 0.3) is 0 Å². The molecule has 4 bridgehead atoms. The van der Waals surface area contributed by atoms with E-state index in [4.69, 9.17) is 0 Å². The van der Waals surface area contributed by atoms with Crippen molar-refractivity contribution in [2.24, 2.45) is 33.7 Å². The smallest absolute Gasteiger partial charge is 0.211 e. The Morgan fingerprint density at radius 2 is 1.23 bits per heavy atom. The van der Waals surface area contributed by atoms with Gasteiger partial charge in [-0.15, -0.1) is 0 Å². The highest BCUT2D eigenvalue weighted by atomic mass is 16.1. The molecule has 4 aliphatic carbocycles. The van der Waals surface area contributed by atoms with Gasteiger partial charge in [0.15, 0.2) is 6.17 Å². The number of aliphatic imine (C=N–C) groups is 2. The third kappa shape index (κ3) is 5.19. The lowest BCUT2D eigenvalue weighted by molar-refractivity contribution is 0.0198. The summed E-state index contributed by atoms with van der Waals surface area (Å²) in [6.07, 6.45) is 15.5. The van der Waals surface area contributed by atoms with Crippen molar-refractivity contribution in [1.82, 2.24) is 0 Å². The van der Waals surface area contributed by atoms with Crippen LogP contribution in [0.4, 0.5) is 0 Å². The van der Waals surface area contributed by atoms with E-state index in [0.29, 0.717) is 6.42 Å². The van der Waals surface area contributed by atoms with E-state index in [1.807, 2.05) is 0 Å². The molecular formula is C18H28N2O2. The third-order valence-corrected chi connectivity index (χ3v) is 5.47. The highest BCUT2D eigenvalue weighted by molar-refractivity contribution is 5.36. The molecule has 0 unspecified atom stereocenters. The SMILES string of the molecule is C1C2CC3CC1CC(C2)C3.CCCCCC(N=C=O)N=C=O. The van der Waals surface area contributed by atoms with E-state index in [-0.39, 0.29) is 0 Å². The van der Waals surface area contributed by atoms with Crippen molar-refractivity contribution in [3.05, 3.63) is 0 Å². The van der Waals surface area contributed by atoms with Crippen LogP contribution >= 0.6 is 0 Å². The quantitative estimate of drug-likeness (QED) is 0.415. The molecule has 0 aromatic carbocycles. The second-order valence-corrected chi connectivity index (χ2v) is 7.30. The molecule has 4 nitrogen and oxygen atoms in total. The van der Waals surface area contributed by atoms with Gasteiger partial charge in [0.1, 0.15) is 0 Å². The Bertz CT molecular complexity index is 362. The molecule has 0 saturated heterocycles. The van der Waals surface area contributed by atoms with Gasteiger partial charge in [0.2, 0.25) is 12.2 Å². The maximum atomic E-state index is 9.84. The van der Waals surface area contributed by atoms with Crippen LogP contribution in [0, 0.1) is 23.7 Å². The van der Waals surface area contributed by atoms with Gasteiger partial charge in [-0.1, -0.05) is 19.8 Å². The van der Waals surface area contributed by atoms with Gasteiger partial charge in [0, 0.05) is 0 Å². The molecule has 0 atom stereocenters. The van der Waals surface area contributed by atoms with Gasteiger partial charge in [-0.25, -0.2) is 9.59 Å². The van der Waals surface area contributed by atoms with E-state index < -0.39 is 6.17 Å². The predicted molar refractivity (Wildman–Crippen MR) is 85.8 cm³/mol. The topological polar surface area (TPSA) is 58.9 Å². The number of isocyanates is 2. The summed E-state index contributed by atoms with van der Waals surface area (Å²) >= 11 is 0. The molecule has 22 heavy (non-hydrogen) atoms. The first-order valence-corrected chi connectivity index (χ1v) is 8.89. The van der Waals surface area contributed by atoms with E-state index in [0.717, 1.165) is 19.3 Å². The van der Waals surface area contributed by atoms with Crippen molar-refractivity contribution in [2.45, 2.75) is 77.3 Å². The fraction of sp³-hybridized carbons (Fsp3) is 0.889. The molecule has 4 saturated carbocycles. The molecule has 0 heterocycles. The van der Waals surface area contributed by atoms with Crippen LogP contribution in [0.3, 0.4) is 0 Å². The zero-order valence-corrected chi connectivity index (χ0v) is 13.7. The summed E-state index contributed by atoms with van der Waals surface area (Å²) in [6, 6.07) is 0. The Kier molecular flexibility index (Phi) is 7.02. The lowest BCUT2D eigenvalue weighted by atomic mass is 9.56. The minimum atomic E-state index is -0.563. The molecule has 0 amide bonds. The normalized spacial score (nSPS) is 32.2. The molecule has 0 aliphatic heterocycles. The van der Waals surface area contributed by atoms with E-state index in [1.165, 1.54) is 35.8 Å². The summed E-state index contributed by atoms with van der Waals surface area (Å²) in [5.74, 6) is 4.71. The molecular weight excluding hydrogens is 276 g/mol. The predicted octanol–water partition coefficient (Wildman–Crippen LogP) is 4.40. The second-order valence-electron chi connectivity index (χ2n) is 7.30. The minimum absolute atomic E-state index is 0.563. The van der Waals surface area contributed by atoms with Gasteiger partial charge >= 0.3 is 0 Å². The number of nitrogens with zero attached hydrogens (tertiary/aromatic N) is 2. The van der Waals surface area contributed by atoms with Gasteiger partial charge < -0.3 is 0 Å². The van der Waals surface area contributed by atoms with Crippen LogP contribution in [-0.2, 0) is 9.59 Å². The van der Waals surface area contributed by atoms with Gasteiger partial charge in [-0.05, 0) is 75.0 Å². The monoisotopic (exact) mass is 304 g/mol. The second kappa shape index (κ2) is 9.02. The van der Waals surface area contributed by atoms with Gasteiger partial charge in [0.05, 0.1) is 0 Å². The van der Waals surface area contributed by atoms with E-state index >= 15 is 0 Å². The third-order valence-electron chi connectivity index (χ3n) is 5.47. The first-order valence-electron chi connectivity index (χ1n) is 8.89. The molecule has 0 spiro atoms. The maximum Gasteiger partial charge on any atom is 0.237 e. The highest BCUT2D eigenvalue weighted by Gasteiger charge is 2.41. The average Bonchev–Trinajstić information content (AvgIpc) is 2.47. The van der Waals surface area contributed by atoms with Crippen molar-refractivity contribution in [1.29, 1.82) is 0 Å². The van der Waals surface area contributed by atoms with Crippen LogP contribution in [0.1, 0.15) is 71.1 Å². The largest absolute Gasteiger partial charge is 0.237 e. The van der Waals surface area contributed by atoms with Crippen LogP contribution in [0.2, 0.25) is 0 Å². The van der Waals surface area contributed by atoms with Crippen LogP contribution in [0.15, 0.2) is 9.98 Å². The fourth-order valence-corrected chi connectivity index (χ4v) is 4.84. The molecule has 0 aromatic heterocycles. The van der Waals surface area contributed by atoms with E-state index in [1.54, 1.807) is 38.5 Å². The Morgan fingerprint density at radius 3 is 1.55 bits per heavy atom. The Morgan fingerprint density at radius 1 is 0.818 bits per heavy atom. The average molecular weight is 304 g/mol. The molecule has 0 N–H and O–H groups in total. The summed E-state index contributed by atoms with van der Waals surface area (Å²) in [7, 11) is 0. The molecule has 4 aliphatic rings. The summed E-state index contributed by atoms with van der Waals surface area (Å²) in [5, 5.41) is 0. The van der Waals surface area contributed by atoms with Crippen molar-refractivity contribution in [2.75, 3.05) is 0 Å². The zero-order valence-electron chi connectivity index (χ0n) is 13.7. The van der Waals surface area contributed by atoms with Crippen LogP contribution in [-0.4, -0.2) is 18.3 Å². The number of rotatable bonds is 6. The van der Waals surface area contributed by atoms with Crippen LogP contribution < -0.4 is 0 Å². The molecule has 4 fully saturated rings. The van der Waals surface area contributed by atoms with E-state index in [9.17, 15) is 9.59 Å². The van der Waals surface area contributed by atoms with Crippen molar-refractivity contribution >= 4 is 12.2 Å². The van der Waals surface area contributed by atoms with E-state index in [2.05, 4.69) is 16.9 Å². The number of hydrogen-bond acceptors (Lipinski definition) is 4. The molecule has 4 heteroatoms. The Labute approximate surface area is 133 Å². The summed E-state index contributed by atoms with van der Waals surface area (Å²) in [6.45, 7) is 2.07. The Hall–Kier alpha value is -1.24. The number of carbonyl (C=O) groups excluding carboxylic acids is 2. The fourth-order valence-electron chi connectivity index (χ4n) is 4.84. The van der Waals surface area contributed by atoms with Gasteiger partial charge in [-0.3, -0.25) is 0 Å². The zero-order chi connectivity index (χ0) is 15.8. The summed E-state index contributed by atoms with van der Waals surface area (Å²) < 4.78 is 0. The first-order chi connectivity index (χ1) is 10.7. The highest BCUT2D eigenvalue weighted by Crippen LogP contribution is 2.53. The molecule has 4 rings (SSSR count). The van der Waals surface area contributed by atoms with Gasteiger partial charge in [0.25, 0.3) is 0 Å². The molecule has 122 valence electrons. The first kappa shape index (κ1) is 17.1. The summed E-state index contributed by atoms with van der Waals surface area (Å²) in [5.41, 5.74) is 0. The number of hydrogen-bond donors (Lipinski definition) is 0. The lowest BCUT2D eigenvalue weighted by Gasteiger charge is -2.49. The van der Waals surface area contributed by atoms with Crippen LogP contribution in [0.5, 0.6) is 0 Å². The molecule has 0 aromatic rings. The standard InChI is InChI=1S/C10H16.C8H12N2O2/c1-7-2-9-4-8(1)5-10(3-7)6-9;1-2-3-4-5-8(9-6-11)10-7-12/h7-10H,1-6H2;8H,2-5H2,1H3. The van der Waals surface area contributed by atoms with Gasteiger partial charge in [-0.2, -0.15) is 9.98 Å². The van der Waals surface area contributed by atoms with Crippen molar-refractivity contribution in [3.63, 3.8) is 0 Å². The maximum absolute atomic E-state index is 9.84. The Balaban J connectivity index is 0.000000161. The molecule has 0 radical (unpaired) electrons. The lowest BCUT2D eigenvalue weighted by Crippen LogP contribution is -2.38. The number of unbranched alkanes of at least 4 members (excludes halogenated alkanes) is 2. The van der Waals surface area contributed by atoms with Crippen molar-refractivity contribution in [3.8, 4) is 0 Å².